The minimum absolute atomic E-state index is 0.368. The van der Waals surface area contributed by atoms with Crippen molar-refractivity contribution in [1.82, 2.24) is 9.88 Å². The van der Waals surface area contributed by atoms with Gasteiger partial charge < -0.3 is 14.4 Å². The molecule has 0 saturated carbocycles. The average Bonchev–Trinajstić information content (AvgIpc) is 3.04. The first kappa shape index (κ1) is 16.6. The maximum absolute atomic E-state index is 6.22. The normalized spacial score (nSPS) is 15.3. The number of pyridine rings is 1. The fourth-order valence-corrected chi connectivity index (χ4v) is 3.42. The Morgan fingerprint density at radius 1 is 1.13 bits per heavy atom. The van der Waals surface area contributed by atoms with E-state index in [9.17, 15) is 0 Å². The first-order valence-corrected chi connectivity index (χ1v) is 8.62. The van der Waals surface area contributed by atoms with Crippen LogP contribution in [-0.4, -0.2) is 43.2 Å². The molecule has 6 heteroatoms. The van der Waals surface area contributed by atoms with Crippen molar-refractivity contribution in [1.29, 1.82) is 0 Å². The van der Waals surface area contributed by atoms with E-state index in [0.29, 0.717) is 33.8 Å². The number of halogens is 2. The molecule has 0 atom stereocenters. The Labute approximate surface area is 146 Å². The summed E-state index contributed by atoms with van der Waals surface area (Å²) in [5.74, 6) is 1.33. The van der Waals surface area contributed by atoms with E-state index < -0.39 is 0 Å². The van der Waals surface area contributed by atoms with E-state index in [1.54, 1.807) is 13.2 Å². The van der Waals surface area contributed by atoms with Gasteiger partial charge in [0.15, 0.2) is 11.5 Å². The second-order valence-electron chi connectivity index (χ2n) is 5.70. The predicted octanol–water partition coefficient (Wildman–Crippen LogP) is 4.41. The Morgan fingerprint density at radius 3 is 2.65 bits per heavy atom. The lowest BCUT2D eigenvalue weighted by Crippen LogP contribution is -2.21. The van der Waals surface area contributed by atoms with Gasteiger partial charge in [0.1, 0.15) is 5.15 Å². The number of ether oxygens (including phenoxy) is 2. The molecular weight excluding hydrogens is 335 g/mol. The van der Waals surface area contributed by atoms with E-state index in [1.165, 1.54) is 25.9 Å². The lowest BCUT2D eigenvalue weighted by molar-refractivity contribution is 0.254. The molecule has 3 rings (SSSR count). The predicted molar refractivity (Wildman–Crippen MR) is 94.1 cm³/mol. The maximum atomic E-state index is 6.22. The molecule has 0 bridgehead atoms. The van der Waals surface area contributed by atoms with Crippen LogP contribution < -0.4 is 9.47 Å². The van der Waals surface area contributed by atoms with E-state index in [-0.39, 0.29) is 0 Å². The minimum Gasteiger partial charge on any atom is -0.493 e. The lowest BCUT2D eigenvalue weighted by atomic mass is 10.2. The Hall–Kier alpha value is -1.23. The summed E-state index contributed by atoms with van der Waals surface area (Å²) >= 11 is 12.2. The zero-order valence-electron chi connectivity index (χ0n) is 13.1. The lowest BCUT2D eigenvalue weighted by Gasteiger charge is -2.16. The zero-order valence-corrected chi connectivity index (χ0v) is 14.7. The van der Waals surface area contributed by atoms with Crippen molar-refractivity contribution in [3.8, 4) is 11.5 Å². The first-order chi connectivity index (χ1) is 11.2. The standard InChI is InChI=1S/C17H20Cl2N2O2/c1-22-15-9-12-13(18)10-17(19)20-14(12)11-16(15)23-8-4-7-21-5-2-3-6-21/h9-11H,2-8H2,1H3. The van der Waals surface area contributed by atoms with Gasteiger partial charge in [-0.3, -0.25) is 0 Å². The summed E-state index contributed by atoms with van der Waals surface area (Å²) in [5, 5.41) is 1.73. The number of hydrogen-bond acceptors (Lipinski definition) is 4. The van der Waals surface area contributed by atoms with Crippen LogP contribution in [0.15, 0.2) is 18.2 Å². The summed E-state index contributed by atoms with van der Waals surface area (Å²) in [5.41, 5.74) is 0.706. The highest BCUT2D eigenvalue weighted by Gasteiger charge is 2.13. The number of hydrogen-bond donors (Lipinski definition) is 0. The Morgan fingerprint density at radius 2 is 1.91 bits per heavy atom. The molecule has 1 fully saturated rings. The Kier molecular flexibility index (Phi) is 5.46. The summed E-state index contributed by atoms with van der Waals surface area (Å²) in [6.07, 6.45) is 3.62. The second kappa shape index (κ2) is 7.56. The number of benzene rings is 1. The highest BCUT2D eigenvalue weighted by molar-refractivity contribution is 6.37. The van der Waals surface area contributed by atoms with E-state index in [0.717, 1.165) is 18.4 Å². The zero-order chi connectivity index (χ0) is 16.2. The first-order valence-electron chi connectivity index (χ1n) is 7.86. The maximum Gasteiger partial charge on any atom is 0.163 e. The van der Waals surface area contributed by atoms with Crippen molar-refractivity contribution in [2.24, 2.45) is 0 Å². The van der Waals surface area contributed by atoms with Gasteiger partial charge in [0, 0.05) is 18.0 Å². The van der Waals surface area contributed by atoms with E-state index in [2.05, 4.69) is 9.88 Å². The molecule has 124 valence electrons. The molecule has 0 spiro atoms. The van der Waals surface area contributed by atoms with Crippen LogP contribution in [0.1, 0.15) is 19.3 Å². The van der Waals surface area contributed by atoms with Gasteiger partial charge in [-0.15, -0.1) is 0 Å². The van der Waals surface area contributed by atoms with Gasteiger partial charge >= 0.3 is 0 Å². The van der Waals surface area contributed by atoms with Crippen molar-refractivity contribution in [3.63, 3.8) is 0 Å². The van der Waals surface area contributed by atoms with Crippen LogP contribution in [0.5, 0.6) is 11.5 Å². The molecule has 2 aromatic rings. The summed E-state index contributed by atoms with van der Waals surface area (Å²) < 4.78 is 11.3. The van der Waals surface area contributed by atoms with E-state index >= 15 is 0 Å². The number of methoxy groups -OCH3 is 1. The number of fused-ring (bicyclic) bond motifs is 1. The SMILES string of the molecule is COc1cc2c(Cl)cc(Cl)nc2cc1OCCCN1CCCC1. The van der Waals surface area contributed by atoms with Crippen LogP contribution in [0.4, 0.5) is 0 Å². The topological polar surface area (TPSA) is 34.6 Å². The molecular formula is C17H20Cl2N2O2. The molecule has 1 saturated heterocycles. The van der Waals surface area contributed by atoms with Crippen molar-refractivity contribution in [3.05, 3.63) is 28.4 Å². The fourth-order valence-electron chi connectivity index (χ4n) is 2.91. The molecule has 0 unspecified atom stereocenters. The largest absolute Gasteiger partial charge is 0.493 e. The number of aromatic nitrogens is 1. The molecule has 0 aliphatic carbocycles. The Bertz CT molecular complexity index is 688. The second-order valence-corrected chi connectivity index (χ2v) is 6.49. The van der Waals surface area contributed by atoms with Crippen molar-refractivity contribution < 1.29 is 9.47 Å². The molecule has 4 nitrogen and oxygen atoms in total. The quantitative estimate of drug-likeness (QED) is 0.568. The van der Waals surface area contributed by atoms with Gasteiger partial charge in [-0.1, -0.05) is 23.2 Å². The van der Waals surface area contributed by atoms with Crippen LogP contribution >= 0.6 is 23.2 Å². The third-order valence-corrected chi connectivity index (χ3v) is 4.59. The van der Waals surface area contributed by atoms with Crippen LogP contribution in [-0.2, 0) is 0 Å². The minimum atomic E-state index is 0.368. The number of likely N-dealkylation sites (tertiary alicyclic amines) is 1. The van der Waals surface area contributed by atoms with Gasteiger partial charge in [0.2, 0.25) is 0 Å². The molecule has 1 aliphatic rings. The molecule has 2 heterocycles. The van der Waals surface area contributed by atoms with Gasteiger partial charge in [-0.25, -0.2) is 4.98 Å². The molecule has 23 heavy (non-hydrogen) atoms. The van der Waals surface area contributed by atoms with Crippen molar-refractivity contribution >= 4 is 34.1 Å². The summed E-state index contributed by atoms with van der Waals surface area (Å²) in [6.45, 7) is 4.14. The van der Waals surface area contributed by atoms with Crippen molar-refractivity contribution in [2.75, 3.05) is 33.4 Å². The van der Waals surface area contributed by atoms with E-state index in [4.69, 9.17) is 32.7 Å². The van der Waals surface area contributed by atoms with Gasteiger partial charge in [0.25, 0.3) is 0 Å². The molecule has 0 amide bonds. The third-order valence-electron chi connectivity index (χ3n) is 4.09. The highest BCUT2D eigenvalue weighted by atomic mass is 35.5. The molecule has 1 aromatic carbocycles. The van der Waals surface area contributed by atoms with Crippen LogP contribution in [0.3, 0.4) is 0 Å². The Balaban J connectivity index is 1.71. The average molecular weight is 355 g/mol. The summed E-state index contributed by atoms with van der Waals surface area (Å²) in [7, 11) is 1.62. The van der Waals surface area contributed by atoms with Gasteiger partial charge in [-0.2, -0.15) is 0 Å². The smallest absolute Gasteiger partial charge is 0.163 e. The van der Waals surface area contributed by atoms with E-state index in [1.807, 2.05) is 12.1 Å². The summed E-state index contributed by atoms with van der Waals surface area (Å²) in [6, 6.07) is 5.31. The monoisotopic (exact) mass is 354 g/mol. The van der Waals surface area contributed by atoms with Crippen LogP contribution in [0, 0.1) is 0 Å². The summed E-state index contributed by atoms with van der Waals surface area (Å²) in [4.78, 5) is 6.78. The third kappa shape index (κ3) is 4.00. The van der Waals surface area contributed by atoms with Crippen LogP contribution in [0.2, 0.25) is 10.2 Å². The molecule has 0 radical (unpaired) electrons. The van der Waals surface area contributed by atoms with Crippen molar-refractivity contribution in [2.45, 2.75) is 19.3 Å². The fraction of sp³-hybridized carbons (Fsp3) is 0.471. The highest BCUT2D eigenvalue weighted by Crippen LogP contribution is 2.35. The number of rotatable bonds is 6. The van der Waals surface area contributed by atoms with Gasteiger partial charge in [0.05, 0.1) is 24.3 Å². The van der Waals surface area contributed by atoms with Gasteiger partial charge in [-0.05, 0) is 44.5 Å². The molecule has 1 aromatic heterocycles. The van der Waals surface area contributed by atoms with Crippen LogP contribution in [0.25, 0.3) is 10.9 Å². The molecule has 1 aliphatic heterocycles. The number of nitrogens with zero attached hydrogens (tertiary/aromatic N) is 2. The molecule has 0 N–H and O–H groups in total.